The summed E-state index contributed by atoms with van der Waals surface area (Å²) in [4.78, 5) is 14.9. The molecule has 0 radical (unpaired) electrons. The molecule has 20 heavy (non-hydrogen) atoms. The number of hydrogen-bond acceptors (Lipinski definition) is 7. The van der Waals surface area contributed by atoms with Crippen LogP contribution in [0.1, 0.15) is 21.6 Å². The van der Waals surface area contributed by atoms with E-state index in [1.807, 2.05) is 6.07 Å². The van der Waals surface area contributed by atoms with Crippen LogP contribution >= 0.6 is 0 Å². The molecule has 1 heterocycles. The van der Waals surface area contributed by atoms with Gasteiger partial charge in [0.2, 0.25) is 5.69 Å². The van der Waals surface area contributed by atoms with Crippen LogP contribution in [0.15, 0.2) is 40.2 Å². The smallest absolute Gasteiger partial charge is 0.337 e. The molecule has 1 N–H and O–H groups in total. The molecule has 0 aliphatic carbocycles. The summed E-state index contributed by atoms with van der Waals surface area (Å²) in [5, 5.41) is 12.6. The number of rotatable bonds is 4. The maximum Gasteiger partial charge on any atom is 0.337 e. The normalized spacial score (nSPS) is 10.2. The fourth-order valence-electron chi connectivity index (χ4n) is 1.39. The third kappa shape index (κ3) is 3.00. The molecule has 1 aromatic carbocycles. The van der Waals surface area contributed by atoms with Crippen molar-refractivity contribution in [3.63, 3.8) is 0 Å². The molecular formula is C13H10N4O3. The van der Waals surface area contributed by atoms with Gasteiger partial charge in [0, 0.05) is 0 Å². The molecule has 1 aromatic heterocycles. The second-order valence-electron chi connectivity index (χ2n) is 3.63. The molecule has 0 aliphatic rings. The molecular weight excluding hydrogens is 260 g/mol. The molecule has 0 unspecified atom stereocenters. The highest BCUT2D eigenvalue weighted by Crippen LogP contribution is 2.11. The van der Waals surface area contributed by atoms with E-state index in [1.54, 1.807) is 24.3 Å². The van der Waals surface area contributed by atoms with Gasteiger partial charge in [-0.3, -0.25) is 0 Å². The summed E-state index contributed by atoms with van der Waals surface area (Å²) < 4.78 is 9.54. The van der Waals surface area contributed by atoms with E-state index in [0.29, 0.717) is 5.56 Å². The Morgan fingerprint density at radius 3 is 2.90 bits per heavy atom. The van der Waals surface area contributed by atoms with Crippen molar-refractivity contribution in [2.45, 2.75) is 0 Å². The summed E-state index contributed by atoms with van der Waals surface area (Å²) in [6.07, 6.45) is 2.67. The number of methoxy groups -OCH3 is 1. The van der Waals surface area contributed by atoms with Crippen molar-refractivity contribution < 1.29 is 13.9 Å². The predicted octanol–water partition coefficient (Wildman–Crippen LogP) is 1.78. The van der Waals surface area contributed by atoms with Crippen molar-refractivity contribution in [2.75, 3.05) is 12.5 Å². The number of hydrogen-bond donors (Lipinski definition) is 1. The first-order valence-electron chi connectivity index (χ1n) is 5.55. The minimum absolute atomic E-state index is 0.128. The van der Waals surface area contributed by atoms with E-state index in [0.717, 1.165) is 12.0 Å². The molecule has 7 heteroatoms. The van der Waals surface area contributed by atoms with Crippen LogP contribution in [0.5, 0.6) is 0 Å². The third-order valence-corrected chi connectivity index (χ3v) is 2.38. The monoisotopic (exact) mass is 270 g/mol. The number of nitrogens with zero attached hydrogens (tertiary/aromatic N) is 3. The summed E-state index contributed by atoms with van der Waals surface area (Å²) in [6.45, 7) is 0. The highest BCUT2D eigenvalue weighted by atomic mass is 16.5. The number of carbonyl (C=O) groups excluding carboxylic acids is 1. The van der Waals surface area contributed by atoms with Crippen molar-refractivity contribution in [3.8, 4) is 6.07 Å². The molecule has 0 aliphatic heterocycles. The van der Waals surface area contributed by atoms with Gasteiger partial charge in [-0.1, -0.05) is 12.1 Å². The van der Waals surface area contributed by atoms with Gasteiger partial charge in [-0.2, -0.15) is 10.4 Å². The fourth-order valence-corrected chi connectivity index (χ4v) is 1.39. The second kappa shape index (κ2) is 6.15. The first kappa shape index (κ1) is 13.3. The molecule has 0 saturated carbocycles. The Hall–Kier alpha value is -3.14. The lowest BCUT2D eigenvalue weighted by Crippen LogP contribution is -2.00. The van der Waals surface area contributed by atoms with Crippen molar-refractivity contribution in [3.05, 3.63) is 47.5 Å². The molecule has 2 rings (SSSR count). The van der Waals surface area contributed by atoms with Gasteiger partial charge in [0.05, 0.1) is 18.9 Å². The van der Waals surface area contributed by atoms with E-state index in [9.17, 15) is 4.79 Å². The van der Waals surface area contributed by atoms with Crippen LogP contribution in [-0.4, -0.2) is 24.3 Å². The van der Waals surface area contributed by atoms with Gasteiger partial charge in [-0.15, -0.1) is 0 Å². The molecule has 0 fully saturated rings. The number of carbonyl (C=O) groups is 1. The Labute approximate surface area is 114 Å². The highest BCUT2D eigenvalue weighted by Gasteiger charge is 2.05. The van der Waals surface area contributed by atoms with Crippen molar-refractivity contribution in [2.24, 2.45) is 5.10 Å². The van der Waals surface area contributed by atoms with Gasteiger partial charge in [0.15, 0.2) is 6.39 Å². The Bertz CT molecular complexity index is 668. The van der Waals surface area contributed by atoms with Gasteiger partial charge in [-0.05, 0) is 17.7 Å². The lowest BCUT2D eigenvalue weighted by atomic mass is 10.1. The van der Waals surface area contributed by atoms with Crippen LogP contribution in [0.4, 0.5) is 5.88 Å². The van der Waals surface area contributed by atoms with Gasteiger partial charge in [0.25, 0.3) is 5.88 Å². The summed E-state index contributed by atoms with van der Waals surface area (Å²) in [7, 11) is 1.33. The molecule has 7 nitrogen and oxygen atoms in total. The average Bonchev–Trinajstić information content (AvgIpc) is 2.94. The summed E-state index contributed by atoms with van der Waals surface area (Å²) >= 11 is 0. The van der Waals surface area contributed by atoms with Crippen molar-refractivity contribution in [1.29, 1.82) is 5.26 Å². The number of aromatic nitrogens is 1. The maximum absolute atomic E-state index is 11.2. The topological polar surface area (TPSA) is 101 Å². The predicted molar refractivity (Wildman–Crippen MR) is 70.2 cm³/mol. The fraction of sp³-hybridized carbons (Fsp3) is 0.0769. The minimum Gasteiger partial charge on any atom is -0.465 e. The van der Waals surface area contributed by atoms with Gasteiger partial charge < -0.3 is 9.15 Å². The number of benzene rings is 1. The van der Waals surface area contributed by atoms with Crippen LogP contribution in [0.3, 0.4) is 0 Å². The van der Waals surface area contributed by atoms with E-state index in [-0.39, 0.29) is 11.6 Å². The number of hydrazone groups is 1. The van der Waals surface area contributed by atoms with E-state index in [2.05, 4.69) is 20.2 Å². The minimum atomic E-state index is -0.396. The maximum atomic E-state index is 11.2. The summed E-state index contributed by atoms with van der Waals surface area (Å²) in [5.41, 5.74) is 3.92. The Morgan fingerprint density at radius 2 is 2.25 bits per heavy atom. The first-order valence-corrected chi connectivity index (χ1v) is 5.55. The largest absolute Gasteiger partial charge is 0.465 e. The lowest BCUT2D eigenvalue weighted by molar-refractivity contribution is 0.0600. The van der Waals surface area contributed by atoms with Crippen LogP contribution < -0.4 is 5.43 Å². The molecule has 0 saturated heterocycles. The van der Waals surface area contributed by atoms with E-state index in [4.69, 9.17) is 9.68 Å². The molecule has 0 amide bonds. The first-order chi connectivity index (χ1) is 9.74. The average molecular weight is 270 g/mol. The SMILES string of the molecule is COC(=O)c1ccc(C=NNc2ocnc2C#N)cc1. The summed E-state index contributed by atoms with van der Waals surface area (Å²) in [6, 6.07) is 8.54. The summed E-state index contributed by atoms with van der Waals surface area (Å²) in [5.74, 6) is -0.220. The van der Waals surface area contributed by atoms with Crippen LogP contribution in [0.2, 0.25) is 0 Å². The zero-order valence-electron chi connectivity index (χ0n) is 10.5. The van der Waals surface area contributed by atoms with E-state index < -0.39 is 5.97 Å². The molecule has 100 valence electrons. The standard InChI is InChI=1S/C13H10N4O3/c1-19-13(18)10-4-2-9(3-5-10)7-16-17-12-11(6-14)15-8-20-12/h2-5,7-8,17H,1H3. The highest BCUT2D eigenvalue weighted by molar-refractivity contribution is 5.90. The zero-order valence-corrected chi connectivity index (χ0v) is 10.5. The number of nitriles is 1. The zero-order chi connectivity index (χ0) is 14.4. The van der Waals surface area contributed by atoms with E-state index in [1.165, 1.54) is 13.3 Å². The number of nitrogens with one attached hydrogen (secondary N) is 1. The third-order valence-electron chi connectivity index (χ3n) is 2.38. The Balaban J connectivity index is 2.02. The van der Waals surface area contributed by atoms with Crippen LogP contribution in [0, 0.1) is 11.3 Å². The lowest BCUT2D eigenvalue weighted by Gasteiger charge is -1.99. The van der Waals surface area contributed by atoms with Crippen LogP contribution in [-0.2, 0) is 4.74 Å². The van der Waals surface area contributed by atoms with Gasteiger partial charge >= 0.3 is 5.97 Å². The molecule has 0 spiro atoms. The Kier molecular flexibility index (Phi) is 4.09. The molecule has 0 atom stereocenters. The Morgan fingerprint density at radius 1 is 1.50 bits per heavy atom. The van der Waals surface area contributed by atoms with Crippen molar-refractivity contribution in [1.82, 2.24) is 4.98 Å². The van der Waals surface area contributed by atoms with Gasteiger partial charge in [-0.25, -0.2) is 15.2 Å². The number of ether oxygens (including phenoxy) is 1. The quantitative estimate of drug-likeness (QED) is 0.516. The van der Waals surface area contributed by atoms with Crippen LogP contribution in [0.25, 0.3) is 0 Å². The molecule has 2 aromatic rings. The van der Waals surface area contributed by atoms with Gasteiger partial charge in [0.1, 0.15) is 6.07 Å². The second-order valence-corrected chi connectivity index (χ2v) is 3.63. The van der Waals surface area contributed by atoms with E-state index >= 15 is 0 Å². The number of esters is 1. The number of anilines is 1. The number of oxazole rings is 1. The molecule has 0 bridgehead atoms. The van der Waals surface area contributed by atoms with Crippen molar-refractivity contribution >= 4 is 18.1 Å².